The molecule has 8 nitrogen and oxygen atoms in total. The molecule has 0 aromatic heterocycles. The molecule has 0 unspecified atom stereocenters. The van der Waals surface area contributed by atoms with Crippen molar-refractivity contribution in [2.24, 2.45) is 4.40 Å². The molecule has 0 aliphatic carbocycles. The van der Waals surface area contributed by atoms with Gasteiger partial charge in [0.05, 0.1) is 9.82 Å². The summed E-state index contributed by atoms with van der Waals surface area (Å²) in [6, 6.07) is 4.37. The van der Waals surface area contributed by atoms with E-state index in [0.717, 1.165) is 30.7 Å². The van der Waals surface area contributed by atoms with Crippen LogP contribution in [-0.2, 0) is 14.9 Å². The topological polar surface area (TPSA) is 111 Å². The van der Waals surface area contributed by atoms with E-state index in [0.29, 0.717) is 0 Å². The molecule has 0 radical (unpaired) electrons. The maximum atomic E-state index is 11.5. The summed E-state index contributed by atoms with van der Waals surface area (Å²) in [7, 11) is -2.46. The second-order valence-electron chi connectivity index (χ2n) is 2.76. The fraction of sp³-hybridized carbons (Fsp3) is 0.125. The lowest BCUT2D eigenvalue weighted by molar-refractivity contribution is -0.384. The number of sulfonamides is 1. The maximum Gasteiger partial charge on any atom is 0.285 e. The van der Waals surface area contributed by atoms with E-state index < -0.39 is 14.9 Å². The van der Waals surface area contributed by atoms with Crippen LogP contribution in [0.4, 0.5) is 5.69 Å². The van der Waals surface area contributed by atoms with Crippen molar-refractivity contribution in [1.82, 2.24) is 5.48 Å². The Hall–Kier alpha value is -2.00. The monoisotopic (exact) mass is 259 g/mol. The van der Waals surface area contributed by atoms with Gasteiger partial charge in [0.25, 0.3) is 15.7 Å². The largest absolute Gasteiger partial charge is 0.396 e. The first kappa shape index (κ1) is 13.1. The molecule has 1 N–H and O–H groups in total. The van der Waals surface area contributed by atoms with Crippen molar-refractivity contribution >= 4 is 22.1 Å². The molecule has 1 rings (SSSR count). The van der Waals surface area contributed by atoms with Gasteiger partial charge in [0.15, 0.2) is 0 Å². The molecule has 9 heteroatoms. The summed E-state index contributed by atoms with van der Waals surface area (Å²) in [5, 5.41) is 10.4. The standard InChI is InChI=1S/C8H9N3O5S/c1-9-16-6-10-17(14,15)8-4-2-7(3-5-8)11(12)13/h2-6,9H,1H3/b10-6+. The fourth-order valence-corrected chi connectivity index (χ4v) is 1.69. The van der Waals surface area contributed by atoms with Crippen LogP contribution in [0.1, 0.15) is 0 Å². The van der Waals surface area contributed by atoms with Gasteiger partial charge in [-0.1, -0.05) is 0 Å². The van der Waals surface area contributed by atoms with Gasteiger partial charge >= 0.3 is 0 Å². The summed E-state index contributed by atoms with van der Waals surface area (Å²) in [6.07, 6.45) is 0.719. The Bertz CT molecular complexity index is 523. The number of hydrogen-bond donors (Lipinski definition) is 1. The van der Waals surface area contributed by atoms with Crippen molar-refractivity contribution in [2.75, 3.05) is 7.05 Å². The molecule has 0 saturated heterocycles. The number of hydrogen-bond acceptors (Lipinski definition) is 6. The van der Waals surface area contributed by atoms with Gasteiger partial charge in [0.2, 0.25) is 6.40 Å². The molecule has 0 atom stereocenters. The average molecular weight is 259 g/mol. The van der Waals surface area contributed by atoms with Crippen LogP contribution in [0.15, 0.2) is 33.6 Å². The number of nitrogens with zero attached hydrogens (tertiary/aromatic N) is 2. The highest BCUT2D eigenvalue weighted by Crippen LogP contribution is 2.17. The molecular formula is C8H9N3O5S. The third-order valence-electron chi connectivity index (χ3n) is 1.70. The molecule has 0 aliphatic rings. The van der Waals surface area contributed by atoms with Crippen LogP contribution in [0.2, 0.25) is 0 Å². The van der Waals surface area contributed by atoms with Gasteiger partial charge in [-0.15, -0.1) is 4.40 Å². The Balaban J connectivity index is 2.96. The first-order valence-electron chi connectivity index (χ1n) is 4.33. The SMILES string of the molecule is CNO/C=N/S(=O)(=O)c1ccc([N+](=O)[O-])cc1. The molecule has 0 heterocycles. The predicted octanol–water partition coefficient (Wildman–Crippen LogP) is 0.463. The van der Waals surface area contributed by atoms with Gasteiger partial charge < -0.3 is 4.84 Å². The van der Waals surface area contributed by atoms with Crippen LogP contribution >= 0.6 is 0 Å². The Kier molecular flexibility index (Phi) is 4.12. The summed E-state index contributed by atoms with van der Waals surface area (Å²) in [4.78, 5) is 14.0. The lowest BCUT2D eigenvalue weighted by Gasteiger charge is -1.98. The van der Waals surface area contributed by atoms with Crippen molar-refractivity contribution in [3.63, 3.8) is 0 Å². The van der Waals surface area contributed by atoms with Crippen LogP contribution in [0.5, 0.6) is 0 Å². The van der Waals surface area contributed by atoms with E-state index >= 15 is 0 Å². The molecule has 1 aromatic carbocycles. The minimum Gasteiger partial charge on any atom is -0.396 e. The normalized spacial score (nSPS) is 11.6. The predicted molar refractivity (Wildman–Crippen MR) is 58.9 cm³/mol. The summed E-state index contributed by atoms with van der Waals surface area (Å²) in [6.45, 7) is 0. The molecule has 0 saturated carbocycles. The minimum atomic E-state index is -3.89. The second-order valence-corrected chi connectivity index (χ2v) is 4.39. The Labute approximate surface area is 97.1 Å². The number of nitro groups is 1. The summed E-state index contributed by atoms with van der Waals surface area (Å²) in [5.41, 5.74) is 2.02. The van der Waals surface area contributed by atoms with Gasteiger partial charge in [0.1, 0.15) is 0 Å². The highest BCUT2D eigenvalue weighted by atomic mass is 32.2. The van der Waals surface area contributed by atoms with E-state index in [4.69, 9.17) is 0 Å². The zero-order chi connectivity index (χ0) is 12.9. The smallest absolute Gasteiger partial charge is 0.285 e. The van der Waals surface area contributed by atoms with E-state index in [1.807, 2.05) is 0 Å². The number of nitrogens with one attached hydrogen (secondary N) is 1. The molecule has 0 amide bonds. The van der Waals surface area contributed by atoms with E-state index in [-0.39, 0.29) is 10.6 Å². The molecule has 92 valence electrons. The van der Waals surface area contributed by atoms with Crippen molar-refractivity contribution in [3.05, 3.63) is 34.4 Å². The molecule has 0 bridgehead atoms. The zero-order valence-electron chi connectivity index (χ0n) is 8.73. The van der Waals surface area contributed by atoms with Crippen molar-refractivity contribution in [3.8, 4) is 0 Å². The van der Waals surface area contributed by atoms with E-state index in [1.54, 1.807) is 0 Å². The number of rotatable bonds is 5. The Morgan fingerprint density at radius 3 is 2.47 bits per heavy atom. The molecule has 17 heavy (non-hydrogen) atoms. The molecule has 1 aromatic rings. The van der Waals surface area contributed by atoms with Gasteiger partial charge in [-0.3, -0.25) is 10.1 Å². The molecule has 0 spiro atoms. The van der Waals surface area contributed by atoms with Gasteiger partial charge in [-0.25, -0.2) is 0 Å². The van der Waals surface area contributed by atoms with Crippen LogP contribution < -0.4 is 5.48 Å². The van der Waals surface area contributed by atoms with E-state index in [1.165, 1.54) is 7.05 Å². The fourth-order valence-electron chi connectivity index (χ4n) is 0.932. The van der Waals surface area contributed by atoms with Crippen LogP contribution in [-0.4, -0.2) is 26.8 Å². The molecular weight excluding hydrogens is 250 g/mol. The quantitative estimate of drug-likeness (QED) is 0.356. The minimum absolute atomic E-state index is 0.154. The summed E-state index contributed by atoms with van der Waals surface area (Å²) >= 11 is 0. The van der Waals surface area contributed by atoms with Gasteiger partial charge in [-0.2, -0.15) is 13.9 Å². The van der Waals surface area contributed by atoms with Crippen LogP contribution in [0.3, 0.4) is 0 Å². The molecule has 0 aliphatic heterocycles. The summed E-state index contributed by atoms with van der Waals surface area (Å²) in [5.74, 6) is 0. The average Bonchev–Trinajstić information content (AvgIpc) is 2.29. The lowest BCUT2D eigenvalue weighted by Crippen LogP contribution is -2.06. The van der Waals surface area contributed by atoms with Gasteiger partial charge in [-0.05, 0) is 12.1 Å². The Morgan fingerprint density at radius 2 is 2.00 bits per heavy atom. The number of hydroxylamine groups is 1. The maximum absolute atomic E-state index is 11.5. The highest BCUT2D eigenvalue weighted by molar-refractivity contribution is 7.90. The Morgan fingerprint density at radius 1 is 1.41 bits per heavy atom. The van der Waals surface area contributed by atoms with Crippen molar-refractivity contribution in [1.29, 1.82) is 0 Å². The van der Waals surface area contributed by atoms with Crippen molar-refractivity contribution in [2.45, 2.75) is 4.90 Å². The van der Waals surface area contributed by atoms with Gasteiger partial charge in [0, 0.05) is 19.2 Å². The van der Waals surface area contributed by atoms with E-state index in [9.17, 15) is 18.5 Å². The van der Waals surface area contributed by atoms with Crippen LogP contribution in [0, 0.1) is 10.1 Å². The molecule has 0 fully saturated rings. The second kappa shape index (κ2) is 5.37. The van der Waals surface area contributed by atoms with E-state index in [2.05, 4.69) is 14.7 Å². The third-order valence-corrected chi connectivity index (χ3v) is 2.93. The van der Waals surface area contributed by atoms with Crippen molar-refractivity contribution < 1.29 is 18.2 Å². The summed E-state index contributed by atoms with van der Waals surface area (Å²) < 4.78 is 26.2. The number of benzene rings is 1. The number of non-ortho nitro benzene ring substituents is 1. The first-order valence-corrected chi connectivity index (χ1v) is 5.77. The lowest BCUT2D eigenvalue weighted by atomic mass is 10.3. The highest BCUT2D eigenvalue weighted by Gasteiger charge is 2.14. The zero-order valence-corrected chi connectivity index (χ0v) is 9.55. The third kappa shape index (κ3) is 3.50. The van der Waals surface area contributed by atoms with Crippen LogP contribution in [0.25, 0.3) is 0 Å². The number of nitro benzene ring substituents is 1. The first-order chi connectivity index (χ1) is 7.97.